The fourth-order valence-corrected chi connectivity index (χ4v) is 2.18. The zero-order valence-electron chi connectivity index (χ0n) is 8.38. The summed E-state index contributed by atoms with van der Waals surface area (Å²) >= 11 is 5.80. The molecule has 1 nitrogen and oxygen atoms in total. The van der Waals surface area contributed by atoms with Crippen molar-refractivity contribution in [2.45, 2.75) is 25.3 Å². The van der Waals surface area contributed by atoms with Gasteiger partial charge in [-0.3, -0.25) is 4.90 Å². The second-order valence-corrected chi connectivity index (χ2v) is 4.20. The Balaban J connectivity index is 2.00. The van der Waals surface area contributed by atoms with Crippen molar-refractivity contribution >= 4 is 11.6 Å². The lowest BCUT2D eigenvalue weighted by Crippen LogP contribution is -2.18. The third-order valence-electron chi connectivity index (χ3n) is 2.75. The first-order valence-electron chi connectivity index (χ1n) is 5.24. The number of nitrogens with zero attached hydrogens (tertiary/aromatic N) is 1. The lowest BCUT2D eigenvalue weighted by atomic mass is 10.1. The Hall–Kier alpha value is -0.530. The lowest BCUT2D eigenvalue weighted by Gasteiger charge is -2.14. The smallest absolute Gasteiger partial charge is 0.0474 e. The van der Waals surface area contributed by atoms with E-state index >= 15 is 0 Å². The summed E-state index contributed by atoms with van der Waals surface area (Å²) in [6, 6.07) is 8.59. The van der Waals surface area contributed by atoms with Gasteiger partial charge < -0.3 is 0 Å². The van der Waals surface area contributed by atoms with E-state index in [1.165, 1.54) is 37.1 Å². The largest absolute Gasteiger partial charge is 0.299 e. The van der Waals surface area contributed by atoms with Crippen molar-refractivity contribution in [3.63, 3.8) is 0 Å². The second kappa shape index (κ2) is 4.81. The number of likely N-dealkylation sites (tertiary alicyclic amines) is 1. The molecule has 1 heterocycles. The van der Waals surface area contributed by atoms with Crippen LogP contribution in [0.5, 0.6) is 0 Å². The first-order valence-corrected chi connectivity index (χ1v) is 5.78. The molecule has 1 aliphatic rings. The standard InChI is InChI=1S/C12H16ClN/c13-9-11-4-3-5-12(8-11)10-14-6-1-2-7-14/h3-5,8H,1-2,6-7,9-10H2. The van der Waals surface area contributed by atoms with Crippen LogP contribution in [0.3, 0.4) is 0 Å². The molecule has 76 valence electrons. The Morgan fingerprint density at radius 2 is 1.86 bits per heavy atom. The molecule has 0 bridgehead atoms. The van der Waals surface area contributed by atoms with Gasteiger partial charge >= 0.3 is 0 Å². The van der Waals surface area contributed by atoms with E-state index in [-0.39, 0.29) is 0 Å². The van der Waals surface area contributed by atoms with Gasteiger partial charge in [-0.25, -0.2) is 0 Å². The van der Waals surface area contributed by atoms with E-state index in [2.05, 4.69) is 29.2 Å². The van der Waals surface area contributed by atoms with Gasteiger partial charge in [-0.15, -0.1) is 11.6 Å². The fraction of sp³-hybridized carbons (Fsp3) is 0.500. The maximum Gasteiger partial charge on any atom is 0.0474 e. The molecule has 0 N–H and O–H groups in total. The van der Waals surface area contributed by atoms with Crippen LogP contribution in [0.4, 0.5) is 0 Å². The van der Waals surface area contributed by atoms with Crippen LogP contribution in [0.15, 0.2) is 24.3 Å². The van der Waals surface area contributed by atoms with Crippen molar-refractivity contribution in [2.24, 2.45) is 0 Å². The first kappa shape index (κ1) is 10.0. The predicted octanol–water partition coefficient (Wildman–Crippen LogP) is 3.02. The maximum atomic E-state index is 5.80. The molecule has 2 rings (SSSR count). The number of halogens is 1. The van der Waals surface area contributed by atoms with Gasteiger partial charge in [-0.2, -0.15) is 0 Å². The normalized spacial score (nSPS) is 17.5. The molecule has 1 saturated heterocycles. The first-order chi connectivity index (χ1) is 6.88. The Kier molecular flexibility index (Phi) is 3.44. The summed E-state index contributed by atoms with van der Waals surface area (Å²) < 4.78 is 0. The van der Waals surface area contributed by atoms with Gasteiger partial charge in [0.1, 0.15) is 0 Å². The van der Waals surface area contributed by atoms with E-state index in [4.69, 9.17) is 11.6 Å². The molecule has 1 fully saturated rings. The molecule has 0 aromatic heterocycles. The summed E-state index contributed by atoms with van der Waals surface area (Å²) in [6.45, 7) is 3.60. The topological polar surface area (TPSA) is 3.24 Å². The monoisotopic (exact) mass is 209 g/mol. The van der Waals surface area contributed by atoms with Gasteiger partial charge in [0.15, 0.2) is 0 Å². The summed E-state index contributed by atoms with van der Waals surface area (Å²) in [6.07, 6.45) is 2.71. The molecule has 2 heteroatoms. The summed E-state index contributed by atoms with van der Waals surface area (Å²) in [7, 11) is 0. The van der Waals surface area contributed by atoms with Crippen molar-refractivity contribution in [3.05, 3.63) is 35.4 Å². The quantitative estimate of drug-likeness (QED) is 0.692. The van der Waals surface area contributed by atoms with E-state index in [1.807, 2.05) is 0 Å². The maximum absolute atomic E-state index is 5.80. The molecular weight excluding hydrogens is 194 g/mol. The zero-order chi connectivity index (χ0) is 9.80. The van der Waals surface area contributed by atoms with Crippen molar-refractivity contribution in [2.75, 3.05) is 13.1 Å². The van der Waals surface area contributed by atoms with Crippen molar-refractivity contribution in [1.29, 1.82) is 0 Å². The Bertz CT molecular complexity index is 292. The van der Waals surface area contributed by atoms with Crippen LogP contribution in [0.25, 0.3) is 0 Å². The summed E-state index contributed by atoms with van der Waals surface area (Å²) in [4.78, 5) is 2.51. The highest BCUT2D eigenvalue weighted by Crippen LogP contribution is 2.14. The van der Waals surface area contributed by atoms with Crippen molar-refractivity contribution in [1.82, 2.24) is 4.90 Å². The molecule has 0 unspecified atom stereocenters. The number of rotatable bonds is 3. The highest BCUT2D eigenvalue weighted by Gasteiger charge is 2.11. The van der Waals surface area contributed by atoms with E-state index in [1.54, 1.807) is 0 Å². The molecule has 1 aliphatic heterocycles. The second-order valence-electron chi connectivity index (χ2n) is 3.94. The summed E-state index contributed by atoms with van der Waals surface area (Å²) in [5.74, 6) is 0.619. The summed E-state index contributed by atoms with van der Waals surface area (Å²) in [5, 5.41) is 0. The minimum atomic E-state index is 0.619. The third-order valence-corrected chi connectivity index (χ3v) is 3.06. The minimum absolute atomic E-state index is 0.619. The van der Waals surface area contributed by atoms with Crippen LogP contribution < -0.4 is 0 Å². The van der Waals surface area contributed by atoms with Crippen LogP contribution in [-0.4, -0.2) is 18.0 Å². The third kappa shape index (κ3) is 2.49. The molecular formula is C12H16ClN. The molecule has 0 radical (unpaired) electrons. The number of hydrogen-bond donors (Lipinski definition) is 0. The molecule has 0 saturated carbocycles. The van der Waals surface area contributed by atoms with Crippen LogP contribution in [0.2, 0.25) is 0 Å². The van der Waals surface area contributed by atoms with Crippen LogP contribution in [-0.2, 0) is 12.4 Å². The molecule has 0 aliphatic carbocycles. The number of benzene rings is 1. The average molecular weight is 210 g/mol. The average Bonchev–Trinajstić information content (AvgIpc) is 2.71. The van der Waals surface area contributed by atoms with Crippen molar-refractivity contribution in [3.8, 4) is 0 Å². The molecule has 0 atom stereocenters. The van der Waals surface area contributed by atoms with Gasteiger partial charge in [-0.1, -0.05) is 24.3 Å². The van der Waals surface area contributed by atoms with E-state index < -0.39 is 0 Å². The lowest BCUT2D eigenvalue weighted by molar-refractivity contribution is 0.331. The highest BCUT2D eigenvalue weighted by atomic mass is 35.5. The van der Waals surface area contributed by atoms with Crippen molar-refractivity contribution < 1.29 is 0 Å². The van der Waals surface area contributed by atoms with Crippen LogP contribution in [0, 0.1) is 0 Å². The Labute approximate surface area is 90.7 Å². The molecule has 0 spiro atoms. The van der Waals surface area contributed by atoms with E-state index in [0.717, 1.165) is 6.54 Å². The Morgan fingerprint density at radius 3 is 2.57 bits per heavy atom. The van der Waals surface area contributed by atoms with E-state index in [9.17, 15) is 0 Å². The number of hydrogen-bond acceptors (Lipinski definition) is 1. The molecule has 14 heavy (non-hydrogen) atoms. The van der Waals surface area contributed by atoms with Gasteiger partial charge in [0.2, 0.25) is 0 Å². The van der Waals surface area contributed by atoms with Gasteiger partial charge in [0, 0.05) is 12.4 Å². The summed E-state index contributed by atoms with van der Waals surface area (Å²) in [5.41, 5.74) is 2.62. The van der Waals surface area contributed by atoms with Gasteiger partial charge in [0.25, 0.3) is 0 Å². The molecule has 1 aromatic carbocycles. The number of alkyl halides is 1. The highest BCUT2D eigenvalue weighted by molar-refractivity contribution is 6.17. The minimum Gasteiger partial charge on any atom is -0.299 e. The zero-order valence-corrected chi connectivity index (χ0v) is 9.13. The van der Waals surface area contributed by atoms with Gasteiger partial charge in [0.05, 0.1) is 0 Å². The SMILES string of the molecule is ClCc1cccc(CN2CCCC2)c1. The van der Waals surface area contributed by atoms with E-state index in [0.29, 0.717) is 5.88 Å². The molecule has 1 aromatic rings. The predicted molar refractivity (Wildman–Crippen MR) is 60.5 cm³/mol. The Morgan fingerprint density at radius 1 is 1.14 bits per heavy atom. The molecule has 0 amide bonds. The van der Waals surface area contributed by atoms with Crippen LogP contribution in [0.1, 0.15) is 24.0 Å². The van der Waals surface area contributed by atoms with Gasteiger partial charge in [-0.05, 0) is 37.1 Å². The fourth-order valence-electron chi connectivity index (χ4n) is 2.01. The van der Waals surface area contributed by atoms with Crippen LogP contribution >= 0.6 is 11.6 Å².